The topological polar surface area (TPSA) is 93.1 Å². The number of pyridine rings is 1. The second-order valence-electron chi connectivity index (χ2n) is 9.95. The third-order valence-corrected chi connectivity index (χ3v) is 8.06. The van der Waals surface area contributed by atoms with Crippen molar-refractivity contribution in [2.24, 2.45) is 0 Å². The summed E-state index contributed by atoms with van der Waals surface area (Å²) < 4.78 is 16.5. The predicted octanol–water partition coefficient (Wildman–Crippen LogP) is 6.45. The van der Waals surface area contributed by atoms with Crippen molar-refractivity contribution in [3.05, 3.63) is 83.7 Å². The van der Waals surface area contributed by atoms with Crippen LogP contribution < -0.4 is 5.32 Å². The number of anilines is 1. The molecule has 0 unspecified atom stereocenters. The third kappa shape index (κ3) is 4.55. The zero-order valence-electron chi connectivity index (χ0n) is 21.3. The number of fused-ring (bicyclic) bond motifs is 3. The number of benzene rings is 2. The van der Waals surface area contributed by atoms with Crippen molar-refractivity contribution in [1.82, 2.24) is 24.5 Å². The number of halogens is 1. The Balaban J connectivity index is 1.34. The van der Waals surface area contributed by atoms with E-state index in [0.717, 1.165) is 22.1 Å². The number of phenolic OH excluding ortho intramolecular Hbond substituents is 1. The fraction of sp³-hybridized carbons (Fsp3) is 0.207. The molecule has 39 heavy (non-hydrogen) atoms. The summed E-state index contributed by atoms with van der Waals surface area (Å²) in [5.74, 6) is 1.60. The lowest BCUT2D eigenvalue weighted by atomic mass is 10.00. The van der Waals surface area contributed by atoms with Gasteiger partial charge in [-0.3, -0.25) is 9.55 Å². The largest absolute Gasteiger partial charge is 0.507 e. The SMILES string of the molecule is [C-]#[N+]c1cncc(-c2nc(NCCc3ccc(O)c(-c4ccccc4F)c3)c3nc4n(c3n2)C(C)(C)CS4)c1. The van der Waals surface area contributed by atoms with Crippen molar-refractivity contribution < 1.29 is 9.50 Å². The summed E-state index contributed by atoms with van der Waals surface area (Å²) in [6.45, 7) is 12.2. The maximum atomic E-state index is 14.4. The molecule has 8 nitrogen and oxygen atoms in total. The number of rotatable bonds is 6. The molecule has 2 aromatic carbocycles. The van der Waals surface area contributed by atoms with Crippen molar-refractivity contribution in [2.75, 3.05) is 17.6 Å². The summed E-state index contributed by atoms with van der Waals surface area (Å²) in [4.78, 5) is 22.2. The first-order valence-electron chi connectivity index (χ1n) is 12.4. The minimum atomic E-state index is -0.385. The molecule has 5 aromatic rings. The Hall–Kier alpha value is -4.49. The number of hydrogen-bond acceptors (Lipinski definition) is 7. The van der Waals surface area contributed by atoms with Crippen LogP contribution >= 0.6 is 11.8 Å². The molecule has 0 radical (unpaired) electrons. The quantitative estimate of drug-likeness (QED) is 0.241. The van der Waals surface area contributed by atoms with Gasteiger partial charge in [0.25, 0.3) is 0 Å². The molecule has 0 amide bonds. The Morgan fingerprint density at radius 1 is 1.10 bits per heavy atom. The predicted molar refractivity (Wildman–Crippen MR) is 151 cm³/mol. The van der Waals surface area contributed by atoms with Crippen molar-refractivity contribution >= 4 is 34.4 Å². The van der Waals surface area contributed by atoms with Gasteiger partial charge >= 0.3 is 0 Å². The molecule has 194 valence electrons. The van der Waals surface area contributed by atoms with Crippen molar-refractivity contribution in [1.29, 1.82) is 0 Å². The molecule has 6 rings (SSSR count). The van der Waals surface area contributed by atoms with E-state index in [1.54, 1.807) is 48.3 Å². The molecular formula is C29H24FN7OS. The van der Waals surface area contributed by atoms with E-state index in [2.05, 4.69) is 33.6 Å². The standard InChI is InChI=1S/C29H24FN7OS/c1-29(2)16-39-28-34-24-26(35-25(36-27(24)37(28)29)18-13-19(31-3)15-32-14-18)33-11-10-17-8-9-23(38)21(12-17)20-6-4-5-7-22(20)30/h4-9,12-15,38H,10-11,16H2,1-2H3,(H,33,35,36). The molecule has 4 heterocycles. The van der Waals surface area contributed by atoms with Crippen molar-refractivity contribution in [2.45, 2.75) is 31.0 Å². The minimum absolute atomic E-state index is 0.0295. The van der Waals surface area contributed by atoms with Crippen molar-refractivity contribution in [3.63, 3.8) is 0 Å². The van der Waals surface area contributed by atoms with Gasteiger partial charge in [-0.05, 0) is 50.1 Å². The summed E-state index contributed by atoms with van der Waals surface area (Å²) in [6.07, 6.45) is 3.77. The van der Waals surface area contributed by atoms with Crippen LogP contribution in [-0.2, 0) is 12.0 Å². The van der Waals surface area contributed by atoms with E-state index in [4.69, 9.17) is 21.5 Å². The summed E-state index contributed by atoms with van der Waals surface area (Å²) in [5, 5.41) is 14.7. The number of thioether (sulfide) groups is 1. The molecule has 0 spiro atoms. The Kier molecular flexibility index (Phi) is 6.16. The minimum Gasteiger partial charge on any atom is -0.507 e. The molecule has 1 aliphatic heterocycles. The van der Waals surface area contributed by atoms with E-state index in [-0.39, 0.29) is 17.1 Å². The fourth-order valence-electron chi connectivity index (χ4n) is 4.71. The molecule has 1 aliphatic rings. The molecular weight excluding hydrogens is 513 g/mol. The molecule has 0 atom stereocenters. The first-order chi connectivity index (χ1) is 18.8. The number of nitrogens with zero attached hydrogens (tertiary/aromatic N) is 6. The van der Waals surface area contributed by atoms with E-state index in [1.165, 1.54) is 12.3 Å². The second kappa shape index (κ2) is 9.67. The molecule has 0 saturated heterocycles. The van der Waals surface area contributed by atoms with E-state index in [0.29, 0.717) is 52.5 Å². The lowest BCUT2D eigenvalue weighted by Gasteiger charge is -2.20. The highest BCUT2D eigenvalue weighted by molar-refractivity contribution is 7.99. The van der Waals surface area contributed by atoms with Gasteiger partial charge in [0, 0.05) is 41.4 Å². The molecule has 2 N–H and O–H groups in total. The molecule has 10 heteroatoms. The van der Waals surface area contributed by atoms with Gasteiger partial charge < -0.3 is 10.4 Å². The molecule has 0 saturated carbocycles. The van der Waals surface area contributed by atoms with Gasteiger partial charge in [-0.1, -0.05) is 36.0 Å². The number of imidazole rings is 1. The lowest BCUT2D eigenvalue weighted by Crippen LogP contribution is -2.24. The summed E-state index contributed by atoms with van der Waals surface area (Å²) >= 11 is 1.69. The molecule has 0 aliphatic carbocycles. The van der Waals surface area contributed by atoms with Crippen LogP contribution in [0.1, 0.15) is 19.4 Å². The zero-order chi connectivity index (χ0) is 27.1. The monoisotopic (exact) mass is 537 g/mol. The number of phenols is 1. The highest BCUT2D eigenvalue weighted by Crippen LogP contribution is 2.41. The van der Waals surface area contributed by atoms with Gasteiger partial charge in [-0.2, -0.15) is 0 Å². The number of aromatic hydroxyl groups is 1. The summed E-state index contributed by atoms with van der Waals surface area (Å²) in [5.41, 5.74) is 4.06. The van der Waals surface area contributed by atoms with E-state index in [1.807, 2.05) is 12.1 Å². The van der Waals surface area contributed by atoms with Crippen molar-refractivity contribution in [3.8, 4) is 28.3 Å². The van der Waals surface area contributed by atoms with Gasteiger partial charge in [0.05, 0.1) is 12.1 Å². The average Bonchev–Trinajstić information content (AvgIpc) is 3.47. The van der Waals surface area contributed by atoms with Crippen LogP contribution in [0.2, 0.25) is 0 Å². The van der Waals surface area contributed by atoms with Gasteiger partial charge in [-0.15, -0.1) is 0 Å². The van der Waals surface area contributed by atoms with Crippen LogP contribution in [-0.4, -0.2) is 41.9 Å². The van der Waals surface area contributed by atoms with Crippen LogP contribution in [0.5, 0.6) is 5.75 Å². The average molecular weight is 538 g/mol. The third-order valence-electron chi connectivity index (χ3n) is 6.68. The maximum absolute atomic E-state index is 14.4. The first kappa shape index (κ1) is 24.8. The maximum Gasteiger partial charge on any atom is 0.205 e. The van der Waals surface area contributed by atoms with E-state index in [9.17, 15) is 9.50 Å². The van der Waals surface area contributed by atoms with Crippen LogP contribution in [0.25, 0.3) is 38.5 Å². The van der Waals surface area contributed by atoms with Crippen LogP contribution in [0.15, 0.2) is 66.1 Å². The Labute approximate surface area is 228 Å². The van der Waals surface area contributed by atoms with Crippen LogP contribution in [0, 0.1) is 12.4 Å². The van der Waals surface area contributed by atoms with Crippen LogP contribution in [0.4, 0.5) is 15.9 Å². The molecule has 0 bridgehead atoms. The van der Waals surface area contributed by atoms with Gasteiger partial charge in [-0.25, -0.2) is 24.2 Å². The van der Waals surface area contributed by atoms with E-state index >= 15 is 0 Å². The fourth-order valence-corrected chi connectivity index (χ4v) is 5.94. The van der Waals surface area contributed by atoms with Gasteiger partial charge in [0.1, 0.15) is 11.6 Å². The number of hydrogen-bond donors (Lipinski definition) is 2. The normalized spacial score (nSPS) is 13.8. The lowest BCUT2D eigenvalue weighted by molar-refractivity contribution is 0.404. The highest BCUT2D eigenvalue weighted by Gasteiger charge is 2.35. The Morgan fingerprint density at radius 3 is 2.77 bits per heavy atom. The zero-order valence-corrected chi connectivity index (χ0v) is 22.1. The van der Waals surface area contributed by atoms with E-state index < -0.39 is 0 Å². The smallest absolute Gasteiger partial charge is 0.205 e. The number of nitrogens with one attached hydrogen (secondary N) is 1. The Morgan fingerprint density at radius 2 is 1.95 bits per heavy atom. The first-order valence-corrected chi connectivity index (χ1v) is 13.4. The highest BCUT2D eigenvalue weighted by atomic mass is 32.2. The Bertz CT molecular complexity index is 1780. The van der Waals surface area contributed by atoms with Gasteiger partial charge in [0.2, 0.25) is 5.69 Å². The molecule has 0 fully saturated rings. The summed E-state index contributed by atoms with van der Waals surface area (Å²) in [7, 11) is 0. The second-order valence-corrected chi connectivity index (χ2v) is 10.9. The van der Waals surface area contributed by atoms with Gasteiger partial charge in [0.15, 0.2) is 28.0 Å². The van der Waals surface area contributed by atoms with Crippen LogP contribution in [0.3, 0.4) is 0 Å². The number of aromatic nitrogens is 5. The molecule has 3 aromatic heterocycles. The summed E-state index contributed by atoms with van der Waals surface area (Å²) in [6, 6.07) is 13.4.